The summed E-state index contributed by atoms with van der Waals surface area (Å²) < 4.78 is 0. The molecule has 1 N–H and O–H groups in total. The van der Waals surface area contributed by atoms with Crippen LogP contribution in [0, 0.1) is 6.92 Å². The number of aromatic nitrogens is 1. The molecule has 1 heterocycles. The molecule has 0 saturated carbocycles. The first-order chi connectivity index (χ1) is 9.29. The highest BCUT2D eigenvalue weighted by Crippen LogP contribution is 2.25. The summed E-state index contributed by atoms with van der Waals surface area (Å²) in [5.74, 6) is 1.96. The van der Waals surface area contributed by atoms with E-state index in [1.165, 1.54) is 16.0 Å². The Kier molecular flexibility index (Phi) is 5.28. The zero-order chi connectivity index (χ0) is 13.5. The fourth-order valence-corrected chi connectivity index (χ4v) is 2.64. The Labute approximate surface area is 119 Å². The van der Waals surface area contributed by atoms with E-state index in [4.69, 9.17) is 0 Å². The van der Waals surface area contributed by atoms with E-state index in [9.17, 15) is 0 Å². The van der Waals surface area contributed by atoms with Crippen molar-refractivity contribution in [3.63, 3.8) is 0 Å². The molecule has 1 aromatic carbocycles. The normalized spacial score (nSPS) is 10.4. The highest BCUT2D eigenvalue weighted by molar-refractivity contribution is 7.98. The average Bonchev–Trinajstić information content (AvgIpc) is 2.45. The van der Waals surface area contributed by atoms with Gasteiger partial charge in [-0.3, -0.25) is 0 Å². The Morgan fingerprint density at radius 2 is 1.95 bits per heavy atom. The third-order valence-corrected chi connectivity index (χ3v) is 3.91. The number of hydrogen-bond acceptors (Lipinski definition) is 3. The minimum atomic E-state index is 0.947. The summed E-state index contributed by atoms with van der Waals surface area (Å²) in [6.45, 7) is 5.25. The minimum absolute atomic E-state index is 0.947. The first kappa shape index (κ1) is 13.9. The quantitative estimate of drug-likeness (QED) is 0.783. The van der Waals surface area contributed by atoms with Crippen LogP contribution in [0.25, 0.3) is 0 Å². The van der Waals surface area contributed by atoms with Crippen LogP contribution in [-0.4, -0.2) is 11.5 Å². The van der Waals surface area contributed by atoms with Crippen molar-refractivity contribution in [2.75, 3.05) is 11.9 Å². The molecule has 0 unspecified atom stereocenters. The third kappa shape index (κ3) is 4.28. The minimum Gasteiger partial charge on any atom is -0.370 e. The molecule has 0 atom stereocenters. The van der Waals surface area contributed by atoms with Crippen LogP contribution in [0.1, 0.15) is 24.5 Å². The fraction of sp³-hybridized carbons (Fsp3) is 0.312. The molecule has 2 aromatic rings. The average molecular weight is 272 g/mol. The van der Waals surface area contributed by atoms with Gasteiger partial charge in [0.25, 0.3) is 0 Å². The maximum atomic E-state index is 4.42. The second-order valence-electron chi connectivity index (χ2n) is 4.54. The van der Waals surface area contributed by atoms with Crippen LogP contribution in [0.2, 0.25) is 0 Å². The summed E-state index contributed by atoms with van der Waals surface area (Å²) in [7, 11) is 0. The summed E-state index contributed by atoms with van der Waals surface area (Å²) >= 11 is 1.85. The number of hydrogen-bond donors (Lipinski definition) is 1. The van der Waals surface area contributed by atoms with Crippen LogP contribution in [0.4, 0.5) is 5.82 Å². The highest BCUT2D eigenvalue weighted by Gasteiger charge is 2.03. The molecule has 19 heavy (non-hydrogen) atoms. The first-order valence-electron chi connectivity index (χ1n) is 6.67. The summed E-state index contributed by atoms with van der Waals surface area (Å²) in [4.78, 5) is 5.72. The van der Waals surface area contributed by atoms with E-state index in [1.54, 1.807) is 0 Å². The van der Waals surface area contributed by atoms with Gasteiger partial charge in [-0.2, -0.15) is 0 Å². The molecule has 0 fully saturated rings. The number of anilines is 1. The van der Waals surface area contributed by atoms with Gasteiger partial charge in [-0.1, -0.05) is 30.7 Å². The standard InChI is InChI=1S/C16H20N2S/c1-3-10-17-16-14(5-4-11-18-16)12-19-15-8-6-13(2)7-9-15/h4-9,11H,3,10,12H2,1-2H3,(H,17,18). The molecule has 100 valence electrons. The van der Waals surface area contributed by atoms with Crippen LogP contribution >= 0.6 is 11.8 Å². The summed E-state index contributed by atoms with van der Waals surface area (Å²) in [6.07, 6.45) is 2.96. The molecule has 3 heteroatoms. The molecule has 0 aliphatic rings. The summed E-state index contributed by atoms with van der Waals surface area (Å²) in [5.41, 5.74) is 2.57. The highest BCUT2D eigenvalue weighted by atomic mass is 32.2. The number of rotatable bonds is 6. The van der Waals surface area contributed by atoms with Gasteiger partial charge in [-0.25, -0.2) is 4.98 Å². The van der Waals surface area contributed by atoms with Crippen LogP contribution in [-0.2, 0) is 5.75 Å². The Bertz CT molecular complexity index is 508. The molecule has 0 radical (unpaired) electrons. The monoisotopic (exact) mass is 272 g/mol. The van der Waals surface area contributed by atoms with Gasteiger partial charge < -0.3 is 5.32 Å². The van der Waals surface area contributed by atoms with Gasteiger partial charge in [0, 0.05) is 29.0 Å². The number of nitrogens with one attached hydrogen (secondary N) is 1. The Morgan fingerprint density at radius 1 is 1.16 bits per heavy atom. The van der Waals surface area contributed by atoms with Crippen molar-refractivity contribution in [3.05, 3.63) is 53.7 Å². The summed E-state index contributed by atoms with van der Waals surface area (Å²) in [5, 5.41) is 3.38. The molecule has 2 nitrogen and oxygen atoms in total. The number of pyridine rings is 1. The van der Waals surface area contributed by atoms with Crippen molar-refractivity contribution >= 4 is 17.6 Å². The number of thioether (sulfide) groups is 1. The van der Waals surface area contributed by atoms with Gasteiger partial charge in [-0.15, -0.1) is 11.8 Å². The molecule has 2 rings (SSSR count). The van der Waals surface area contributed by atoms with E-state index in [0.29, 0.717) is 0 Å². The lowest BCUT2D eigenvalue weighted by Crippen LogP contribution is -2.04. The molecule has 1 aromatic heterocycles. The van der Waals surface area contributed by atoms with Gasteiger partial charge in [0.2, 0.25) is 0 Å². The molecule has 0 amide bonds. The van der Waals surface area contributed by atoms with Gasteiger partial charge in [0.1, 0.15) is 5.82 Å². The topological polar surface area (TPSA) is 24.9 Å². The smallest absolute Gasteiger partial charge is 0.129 e. The van der Waals surface area contributed by atoms with Crippen LogP contribution in [0.3, 0.4) is 0 Å². The molecule has 0 aliphatic heterocycles. The van der Waals surface area contributed by atoms with E-state index in [0.717, 1.165) is 24.5 Å². The molecule has 0 saturated heterocycles. The van der Waals surface area contributed by atoms with E-state index in [2.05, 4.69) is 54.5 Å². The first-order valence-corrected chi connectivity index (χ1v) is 7.65. The molecular formula is C16H20N2S. The maximum absolute atomic E-state index is 4.42. The zero-order valence-corrected chi connectivity index (χ0v) is 12.3. The van der Waals surface area contributed by atoms with Crippen molar-refractivity contribution in [2.45, 2.75) is 30.9 Å². The predicted octanol–water partition coefficient (Wildman–Crippen LogP) is 4.50. The largest absolute Gasteiger partial charge is 0.370 e. The summed E-state index contributed by atoms with van der Waals surface area (Å²) in [6, 6.07) is 12.8. The zero-order valence-electron chi connectivity index (χ0n) is 11.5. The van der Waals surface area contributed by atoms with Crippen molar-refractivity contribution in [2.24, 2.45) is 0 Å². The van der Waals surface area contributed by atoms with Crippen molar-refractivity contribution < 1.29 is 0 Å². The number of benzene rings is 1. The Morgan fingerprint density at radius 3 is 2.68 bits per heavy atom. The number of nitrogens with zero attached hydrogens (tertiary/aromatic N) is 1. The van der Waals surface area contributed by atoms with Gasteiger partial charge in [0.15, 0.2) is 0 Å². The molecule has 0 spiro atoms. The molecule has 0 bridgehead atoms. The maximum Gasteiger partial charge on any atom is 0.129 e. The second-order valence-corrected chi connectivity index (χ2v) is 5.59. The third-order valence-electron chi connectivity index (χ3n) is 2.85. The van der Waals surface area contributed by atoms with Crippen molar-refractivity contribution in [3.8, 4) is 0 Å². The Balaban J connectivity index is 2.00. The van der Waals surface area contributed by atoms with E-state index < -0.39 is 0 Å². The SMILES string of the molecule is CCCNc1ncccc1CSc1ccc(C)cc1. The van der Waals surface area contributed by atoms with E-state index >= 15 is 0 Å². The van der Waals surface area contributed by atoms with Crippen LogP contribution in [0.5, 0.6) is 0 Å². The lowest BCUT2D eigenvalue weighted by atomic mass is 10.2. The van der Waals surface area contributed by atoms with Gasteiger partial charge >= 0.3 is 0 Å². The lowest BCUT2D eigenvalue weighted by molar-refractivity contribution is 0.965. The van der Waals surface area contributed by atoms with E-state index in [-0.39, 0.29) is 0 Å². The van der Waals surface area contributed by atoms with E-state index in [1.807, 2.05) is 24.0 Å². The van der Waals surface area contributed by atoms with Gasteiger partial charge in [0.05, 0.1) is 0 Å². The van der Waals surface area contributed by atoms with Crippen LogP contribution < -0.4 is 5.32 Å². The predicted molar refractivity (Wildman–Crippen MR) is 83.8 cm³/mol. The number of aryl methyl sites for hydroxylation is 1. The second kappa shape index (κ2) is 7.19. The fourth-order valence-electron chi connectivity index (χ4n) is 1.75. The molecular weight excluding hydrogens is 252 g/mol. The lowest BCUT2D eigenvalue weighted by Gasteiger charge is -2.10. The Hall–Kier alpha value is -1.48. The van der Waals surface area contributed by atoms with Gasteiger partial charge in [-0.05, 0) is 31.5 Å². The van der Waals surface area contributed by atoms with Crippen molar-refractivity contribution in [1.29, 1.82) is 0 Å². The molecule has 0 aliphatic carbocycles. The van der Waals surface area contributed by atoms with Crippen LogP contribution in [0.15, 0.2) is 47.5 Å². The van der Waals surface area contributed by atoms with Crippen molar-refractivity contribution in [1.82, 2.24) is 4.98 Å².